The lowest BCUT2D eigenvalue weighted by molar-refractivity contribution is 0.0534. The lowest BCUT2D eigenvalue weighted by atomic mass is 10.1. The van der Waals surface area contributed by atoms with Crippen molar-refractivity contribution in [1.29, 1.82) is 0 Å². The van der Waals surface area contributed by atoms with Crippen molar-refractivity contribution in [2.45, 2.75) is 32.6 Å². The number of hydrogen-bond acceptors (Lipinski definition) is 16. The number of carboxylic acid groups (broad SMARTS) is 3. The van der Waals surface area contributed by atoms with Gasteiger partial charge in [-0.15, -0.1) is 0 Å². The number of aromatic carboxylic acids is 3. The molecule has 0 bridgehead atoms. The molecule has 1 aromatic carbocycles. The first-order chi connectivity index (χ1) is 32.6. The van der Waals surface area contributed by atoms with Gasteiger partial charge >= 0.3 is 17.9 Å². The van der Waals surface area contributed by atoms with Gasteiger partial charge < -0.3 is 29.5 Å². The Hall–Kier alpha value is -6.41. The molecule has 4 aromatic heterocycles. The lowest BCUT2D eigenvalue weighted by Crippen LogP contribution is -2.40. The molecule has 352 valence electrons. The Kier molecular flexibility index (Phi) is 19.9. The summed E-state index contributed by atoms with van der Waals surface area (Å²) >= 11 is 4.69. The van der Waals surface area contributed by atoms with Gasteiger partial charge in [-0.2, -0.15) is 4.99 Å². The van der Waals surface area contributed by atoms with Crippen molar-refractivity contribution in [3.63, 3.8) is 0 Å². The molecule has 5 heterocycles. The Morgan fingerprint density at radius 1 is 0.582 bits per heavy atom. The van der Waals surface area contributed by atoms with Gasteiger partial charge in [-0.1, -0.05) is 30.3 Å². The van der Waals surface area contributed by atoms with Crippen LogP contribution >= 0.6 is 12.2 Å². The molecule has 0 radical (unpaired) electrons. The SMILES string of the molecule is O=C(O)c1cccc(CN2CCOCCN(Cc3cccc(C(=O)O)n3)CCN(Cc3cc(OCCc4ccc(N=C=S)cc4)cc(C(=O)O)n3)CCOCCN(Cc3ccccn3)CC2)n1. The highest BCUT2D eigenvalue weighted by atomic mass is 32.1. The highest BCUT2D eigenvalue weighted by Crippen LogP contribution is 2.19. The van der Waals surface area contributed by atoms with E-state index in [1.54, 1.807) is 30.5 Å². The van der Waals surface area contributed by atoms with Crippen LogP contribution in [0.5, 0.6) is 5.75 Å². The van der Waals surface area contributed by atoms with Crippen LogP contribution in [-0.4, -0.2) is 163 Å². The fourth-order valence-corrected chi connectivity index (χ4v) is 7.42. The van der Waals surface area contributed by atoms with Crippen molar-refractivity contribution >= 4 is 41.0 Å². The monoisotopic (exact) mass is 933 g/mol. The Bertz CT molecular complexity index is 2430. The van der Waals surface area contributed by atoms with E-state index in [-0.39, 0.29) is 17.1 Å². The second kappa shape index (κ2) is 26.7. The quantitative estimate of drug-likeness (QED) is 0.0869. The zero-order valence-corrected chi connectivity index (χ0v) is 38.0. The van der Waals surface area contributed by atoms with Crippen LogP contribution < -0.4 is 4.74 Å². The average Bonchev–Trinajstić information content (AvgIpc) is 3.32. The molecule has 67 heavy (non-hydrogen) atoms. The first-order valence-corrected chi connectivity index (χ1v) is 22.4. The number of isothiocyanates is 1. The fraction of sp³-hybridized carbons (Fsp3) is 0.375. The third-order valence-corrected chi connectivity index (χ3v) is 10.9. The molecule has 0 amide bonds. The molecule has 5 aromatic rings. The molecule has 0 unspecified atom stereocenters. The average molecular weight is 934 g/mol. The number of aromatic nitrogens is 4. The van der Waals surface area contributed by atoms with Crippen molar-refractivity contribution in [1.82, 2.24) is 39.5 Å². The van der Waals surface area contributed by atoms with E-state index in [0.29, 0.717) is 147 Å². The van der Waals surface area contributed by atoms with Crippen LogP contribution in [-0.2, 0) is 42.1 Å². The Morgan fingerprint density at radius 2 is 1.06 bits per heavy atom. The number of carbonyl (C=O) groups is 3. The smallest absolute Gasteiger partial charge is 0.354 e. The van der Waals surface area contributed by atoms with E-state index in [1.165, 1.54) is 18.2 Å². The van der Waals surface area contributed by atoms with Crippen LogP contribution in [0.15, 0.2) is 102 Å². The predicted octanol–water partition coefficient (Wildman–Crippen LogP) is 5.07. The van der Waals surface area contributed by atoms with Gasteiger partial charge in [-0.05, 0) is 66.3 Å². The van der Waals surface area contributed by atoms with E-state index in [1.807, 2.05) is 48.5 Å². The molecule has 0 atom stereocenters. The number of ether oxygens (including phenoxy) is 3. The summed E-state index contributed by atoms with van der Waals surface area (Å²) in [5.41, 5.74) is 4.18. The number of thiocarbonyl (C=S) groups is 1. The molecule has 0 spiro atoms. The van der Waals surface area contributed by atoms with Crippen LogP contribution in [0, 0.1) is 0 Å². The summed E-state index contributed by atoms with van der Waals surface area (Å²) in [5.74, 6) is -2.98. The first kappa shape index (κ1) is 50.0. The first-order valence-electron chi connectivity index (χ1n) is 22.0. The van der Waals surface area contributed by atoms with Crippen molar-refractivity contribution in [3.05, 3.63) is 143 Å². The molecular weight excluding hydrogens is 879 g/mol. The lowest BCUT2D eigenvalue weighted by Gasteiger charge is -2.29. The Balaban J connectivity index is 1.19. The number of carboxylic acids is 3. The number of hydrogen-bond donors (Lipinski definition) is 3. The Morgan fingerprint density at radius 3 is 1.54 bits per heavy atom. The number of rotatable bonds is 16. The van der Waals surface area contributed by atoms with Gasteiger partial charge in [0.05, 0.1) is 66.7 Å². The number of benzene rings is 1. The zero-order valence-electron chi connectivity index (χ0n) is 37.2. The van der Waals surface area contributed by atoms with Gasteiger partial charge in [-0.25, -0.2) is 29.3 Å². The third kappa shape index (κ3) is 17.4. The third-order valence-electron chi connectivity index (χ3n) is 10.8. The summed E-state index contributed by atoms with van der Waals surface area (Å²) in [6, 6.07) is 26.5. The van der Waals surface area contributed by atoms with Crippen molar-refractivity contribution < 1.29 is 43.9 Å². The minimum Gasteiger partial charge on any atom is -0.493 e. The molecule has 0 saturated carbocycles. The molecular formula is C48H55N9O9S. The van der Waals surface area contributed by atoms with E-state index < -0.39 is 17.9 Å². The zero-order chi connectivity index (χ0) is 47.2. The van der Waals surface area contributed by atoms with Gasteiger partial charge in [0.15, 0.2) is 5.69 Å². The maximum atomic E-state index is 12.3. The molecule has 1 aliphatic rings. The highest BCUT2D eigenvalue weighted by Gasteiger charge is 2.19. The summed E-state index contributed by atoms with van der Waals surface area (Å²) in [5, 5.41) is 31.6. The van der Waals surface area contributed by atoms with Crippen LogP contribution in [0.2, 0.25) is 0 Å². The van der Waals surface area contributed by atoms with Gasteiger partial charge in [0.2, 0.25) is 0 Å². The maximum Gasteiger partial charge on any atom is 0.354 e. The minimum atomic E-state index is -1.17. The molecule has 18 nitrogen and oxygen atoms in total. The van der Waals surface area contributed by atoms with Gasteiger partial charge in [0.25, 0.3) is 0 Å². The highest BCUT2D eigenvalue weighted by molar-refractivity contribution is 7.78. The van der Waals surface area contributed by atoms with Crippen LogP contribution in [0.1, 0.15) is 59.8 Å². The molecule has 3 N–H and O–H groups in total. The fourth-order valence-electron chi connectivity index (χ4n) is 7.32. The number of pyridine rings is 4. The molecule has 19 heteroatoms. The molecule has 1 saturated heterocycles. The molecule has 1 aliphatic heterocycles. The topological polar surface area (TPSA) is 216 Å². The summed E-state index contributed by atoms with van der Waals surface area (Å²) < 4.78 is 18.6. The normalized spacial score (nSPS) is 15.7. The minimum absolute atomic E-state index is 0.0149. The second-order valence-electron chi connectivity index (χ2n) is 15.7. The summed E-state index contributed by atoms with van der Waals surface area (Å²) in [6.45, 7) is 8.00. The predicted molar refractivity (Wildman–Crippen MR) is 251 cm³/mol. The molecule has 0 aliphatic carbocycles. The number of nitrogens with zero attached hydrogens (tertiary/aromatic N) is 9. The van der Waals surface area contributed by atoms with E-state index in [0.717, 1.165) is 11.3 Å². The van der Waals surface area contributed by atoms with Crippen molar-refractivity contribution in [2.75, 3.05) is 85.4 Å². The van der Waals surface area contributed by atoms with Gasteiger partial charge in [0.1, 0.15) is 17.1 Å². The van der Waals surface area contributed by atoms with Crippen molar-refractivity contribution in [2.24, 2.45) is 4.99 Å². The maximum absolute atomic E-state index is 12.3. The number of aliphatic imine (C=N–C) groups is 1. The Labute approximate surface area is 394 Å². The van der Waals surface area contributed by atoms with Crippen LogP contribution in [0.25, 0.3) is 0 Å². The second-order valence-corrected chi connectivity index (χ2v) is 15.9. The standard InChI is InChI=1S/C48H55N9O9S/c58-46(59)43-8-3-6-39(51-43)32-55-17-16-54(31-38-5-1-2-15-49-38)20-25-64-28-23-57(19-18-56(22-27-65-26-21-55)33-40-7-4-9-44(52-40)47(60)61)34-41-29-42(30-45(53-41)48(62)63)66-24-14-36-10-12-37(13-11-36)50-35-67/h1-13,15,29-30H,14,16-28,31-34H2,(H,58,59)(H,60,61)(H,62,63). The van der Waals surface area contributed by atoms with Gasteiger partial charge in [-0.3, -0.25) is 24.6 Å². The van der Waals surface area contributed by atoms with Crippen LogP contribution in [0.3, 0.4) is 0 Å². The van der Waals surface area contributed by atoms with Crippen molar-refractivity contribution in [3.8, 4) is 5.75 Å². The van der Waals surface area contributed by atoms with E-state index in [9.17, 15) is 29.7 Å². The van der Waals surface area contributed by atoms with Gasteiger partial charge in [0, 0.05) is 103 Å². The van der Waals surface area contributed by atoms with E-state index in [4.69, 9.17) is 26.4 Å². The van der Waals surface area contributed by atoms with E-state index >= 15 is 0 Å². The van der Waals surface area contributed by atoms with E-state index in [2.05, 4.69) is 49.7 Å². The molecule has 6 rings (SSSR count). The summed E-state index contributed by atoms with van der Waals surface area (Å²) in [6.07, 6.45) is 2.35. The van der Waals surface area contributed by atoms with Crippen LogP contribution in [0.4, 0.5) is 5.69 Å². The summed E-state index contributed by atoms with van der Waals surface area (Å²) in [7, 11) is 0. The molecule has 1 fully saturated rings. The summed E-state index contributed by atoms with van der Waals surface area (Å²) in [4.78, 5) is 66.3. The largest absolute Gasteiger partial charge is 0.493 e.